The number of alkyl halides is 3. The Kier molecular flexibility index (Phi) is 5.79. The number of aryl methyl sites for hydroxylation is 2. The zero-order valence-electron chi connectivity index (χ0n) is 16.3. The van der Waals surface area contributed by atoms with Crippen LogP contribution in [0.4, 0.5) is 24.5 Å². The molecule has 1 fully saturated rings. The van der Waals surface area contributed by atoms with Crippen LogP contribution >= 0.6 is 0 Å². The van der Waals surface area contributed by atoms with Gasteiger partial charge in [-0.3, -0.25) is 10.1 Å². The largest absolute Gasteiger partial charge is 0.406 e. The number of piperazine rings is 1. The lowest BCUT2D eigenvalue weighted by Crippen LogP contribution is -2.60. The van der Waals surface area contributed by atoms with Crippen LogP contribution < -0.4 is 4.90 Å². The summed E-state index contributed by atoms with van der Waals surface area (Å²) in [7, 11) is -4.50. The van der Waals surface area contributed by atoms with Crippen molar-refractivity contribution >= 4 is 21.4 Å². The highest BCUT2D eigenvalue weighted by Gasteiger charge is 2.51. The van der Waals surface area contributed by atoms with Crippen LogP contribution in [-0.4, -0.2) is 49.5 Å². The van der Waals surface area contributed by atoms with Crippen LogP contribution in [0.15, 0.2) is 47.4 Å². The highest BCUT2D eigenvalue weighted by molar-refractivity contribution is 7.89. The number of halogens is 3. The Bertz CT molecular complexity index is 1040. The Balaban J connectivity index is 1.96. The van der Waals surface area contributed by atoms with Gasteiger partial charge < -0.3 is 4.90 Å². The van der Waals surface area contributed by atoms with E-state index in [1.165, 1.54) is 0 Å². The lowest BCUT2D eigenvalue weighted by molar-refractivity contribution is -0.384. The van der Waals surface area contributed by atoms with Gasteiger partial charge in [-0.05, 0) is 37.1 Å². The van der Waals surface area contributed by atoms with E-state index in [0.29, 0.717) is 9.99 Å². The van der Waals surface area contributed by atoms with Crippen LogP contribution in [0.5, 0.6) is 0 Å². The highest BCUT2D eigenvalue weighted by Crippen LogP contribution is 2.35. The fourth-order valence-electron chi connectivity index (χ4n) is 3.70. The molecule has 1 heterocycles. The van der Waals surface area contributed by atoms with E-state index < -0.39 is 38.6 Å². The maximum absolute atomic E-state index is 13.9. The molecule has 1 saturated heterocycles. The second kappa shape index (κ2) is 7.88. The zero-order valence-corrected chi connectivity index (χ0v) is 17.1. The minimum atomic E-state index is -4.79. The number of sulfonamides is 1. The highest BCUT2D eigenvalue weighted by atomic mass is 32.2. The summed E-state index contributed by atoms with van der Waals surface area (Å²) in [6.45, 7) is 2.78. The third kappa shape index (κ3) is 4.12. The topological polar surface area (TPSA) is 83.8 Å². The summed E-state index contributed by atoms with van der Waals surface area (Å²) in [5.41, 5.74) is 1.94. The fraction of sp³-hybridized carbons (Fsp3) is 0.368. The monoisotopic (exact) mass is 443 g/mol. The first-order valence-corrected chi connectivity index (χ1v) is 10.5. The van der Waals surface area contributed by atoms with Crippen LogP contribution in [0.25, 0.3) is 0 Å². The Labute approximate surface area is 171 Å². The van der Waals surface area contributed by atoms with E-state index in [1.807, 2.05) is 6.07 Å². The first kappa shape index (κ1) is 22.0. The predicted octanol–water partition coefficient (Wildman–Crippen LogP) is 3.65. The molecule has 1 aliphatic rings. The van der Waals surface area contributed by atoms with Gasteiger partial charge in [0.15, 0.2) is 0 Å². The molecule has 11 heteroatoms. The number of nitro benzene ring substituents is 1. The Morgan fingerprint density at radius 1 is 1.03 bits per heavy atom. The average molecular weight is 443 g/mol. The number of anilines is 1. The van der Waals surface area contributed by atoms with Crippen LogP contribution in [0.1, 0.15) is 11.1 Å². The van der Waals surface area contributed by atoms with Crippen molar-refractivity contribution in [3.05, 3.63) is 63.7 Å². The van der Waals surface area contributed by atoms with Crippen molar-refractivity contribution in [1.29, 1.82) is 0 Å². The number of nitrogens with zero attached hydrogens (tertiary/aromatic N) is 3. The standard InChI is InChI=1S/C19H20F3N3O4S/c1-13-4-3-5-14(2)18(13)23-10-11-24(17(12-23)19(20,21)22)30(28,29)16-8-6-15(7-9-16)25(26)27/h3-9,17H,10-12H2,1-2H3. The van der Waals surface area contributed by atoms with Gasteiger partial charge in [0.2, 0.25) is 10.0 Å². The first-order valence-electron chi connectivity index (χ1n) is 9.07. The second-order valence-corrected chi connectivity index (χ2v) is 9.00. The van der Waals surface area contributed by atoms with Gasteiger partial charge in [0, 0.05) is 37.5 Å². The molecule has 2 aromatic carbocycles. The molecule has 3 rings (SSSR count). The summed E-state index contributed by atoms with van der Waals surface area (Å²) in [6, 6.07) is 6.99. The van der Waals surface area contributed by atoms with Gasteiger partial charge in [-0.1, -0.05) is 18.2 Å². The van der Waals surface area contributed by atoms with E-state index in [1.54, 1.807) is 30.9 Å². The molecule has 0 radical (unpaired) electrons. The molecule has 0 saturated carbocycles. The van der Waals surface area contributed by atoms with Gasteiger partial charge in [-0.25, -0.2) is 8.42 Å². The molecule has 7 nitrogen and oxygen atoms in total. The number of hydrogen-bond donors (Lipinski definition) is 0. The van der Waals surface area contributed by atoms with Crippen molar-refractivity contribution in [3.63, 3.8) is 0 Å². The molecule has 1 atom stereocenters. The molecule has 162 valence electrons. The van der Waals surface area contributed by atoms with E-state index >= 15 is 0 Å². The van der Waals surface area contributed by atoms with Crippen LogP contribution in [0.3, 0.4) is 0 Å². The summed E-state index contributed by atoms with van der Waals surface area (Å²) < 4.78 is 67.9. The van der Waals surface area contributed by atoms with Gasteiger partial charge in [0.05, 0.1) is 9.82 Å². The molecule has 1 aliphatic heterocycles. The Hall–Kier alpha value is -2.66. The fourth-order valence-corrected chi connectivity index (χ4v) is 5.30. The number of para-hydroxylation sites is 1. The van der Waals surface area contributed by atoms with Crippen molar-refractivity contribution in [2.75, 3.05) is 24.5 Å². The summed E-state index contributed by atoms with van der Waals surface area (Å²) >= 11 is 0. The molecule has 0 N–H and O–H groups in total. The van der Waals surface area contributed by atoms with Crippen molar-refractivity contribution in [2.24, 2.45) is 0 Å². The lowest BCUT2D eigenvalue weighted by Gasteiger charge is -2.42. The van der Waals surface area contributed by atoms with Crippen LogP contribution in [-0.2, 0) is 10.0 Å². The van der Waals surface area contributed by atoms with E-state index in [9.17, 15) is 31.7 Å². The molecule has 0 aliphatic carbocycles. The Morgan fingerprint density at radius 3 is 2.10 bits per heavy atom. The quantitative estimate of drug-likeness (QED) is 0.532. The normalized spacial score (nSPS) is 18.4. The van der Waals surface area contributed by atoms with Crippen molar-refractivity contribution in [1.82, 2.24) is 4.31 Å². The van der Waals surface area contributed by atoms with Crippen molar-refractivity contribution in [3.8, 4) is 0 Å². The Morgan fingerprint density at radius 2 is 1.60 bits per heavy atom. The molecule has 1 unspecified atom stereocenters. The van der Waals surface area contributed by atoms with E-state index in [0.717, 1.165) is 35.4 Å². The number of hydrogen-bond acceptors (Lipinski definition) is 5. The molecule has 0 bridgehead atoms. The number of rotatable bonds is 4. The molecule has 0 aromatic heterocycles. The number of nitro groups is 1. The summed E-state index contributed by atoms with van der Waals surface area (Å²) in [5, 5.41) is 10.8. The summed E-state index contributed by atoms with van der Waals surface area (Å²) in [5.74, 6) is 0. The first-order chi connectivity index (χ1) is 13.9. The summed E-state index contributed by atoms with van der Waals surface area (Å²) in [4.78, 5) is 11.2. The molecule has 0 amide bonds. The molecular formula is C19H20F3N3O4S. The maximum atomic E-state index is 13.9. The molecule has 2 aromatic rings. The SMILES string of the molecule is Cc1cccc(C)c1N1CCN(S(=O)(=O)c2ccc([N+](=O)[O-])cc2)C(C(F)(F)F)C1. The number of benzene rings is 2. The third-order valence-corrected chi connectivity index (χ3v) is 7.04. The summed E-state index contributed by atoms with van der Waals surface area (Å²) in [6.07, 6.45) is -4.79. The van der Waals surface area contributed by atoms with Gasteiger partial charge in [-0.2, -0.15) is 17.5 Å². The maximum Gasteiger partial charge on any atom is 0.406 e. The minimum absolute atomic E-state index is 0.0878. The second-order valence-electron chi connectivity index (χ2n) is 7.11. The van der Waals surface area contributed by atoms with Gasteiger partial charge in [-0.15, -0.1) is 0 Å². The molecule has 0 spiro atoms. The number of non-ortho nitro benzene ring substituents is 1. The van der Waals surface area contributed by atoms with Gasteiger partial charge in [0.25, 0.3) is 5.69 Å². The van der Waals surface area contributed by atoms with E-state index in [2.05, 4.69) is 0 Å². The van der Waals surface area contributed by atoms with Gasteiger partial charge in [0.1, 0.15) is 6.04 Å². The lowest BCUT2D eigenvalue weighted by atomic mass is 10.1. The van der Waals surface area contributed by atoms with Crippen LogP contribution in [0, 0.1) is 24.0 Å². The molecular weight excluding hydrogens is 423 g/mol. The predicted molar refractivity (Wildman–Crippen MR) is 105 cm³/mol. The smallest absolute Gasteiger partial charge is 0.368 e. The average Bonchev–Trinajstić information content (AvgIpc) is 2.67. The van der Waals surface area contributed by atoms with Crippen molar-refractivity contribution in [2.45, 2.75) is 31.0 Å². The van der Waals surface area contributed by atoms with Crippen LogP contribution in [0.2, 0.25) is 0 Å². The van der Waals surface area contributed by atoms with E-state index in [4.69, 9.17) is 0 Å². The third-order valence-electron chi connectivity index (χ3n) is 5.12. The minimum Gasteiger partial charge on any atom is -0.368 e. The van der Waals surface area contributed by atoms with Gasteiger partial charge >= 0.3 is 6.18 Å². The van der Waals surface area contributed by atoms with E-state index in [-0.39, 0.29) is 18.8 Å². The van der Waals surface area contributed by atoms with Crippen molar-refractivity contribution < 1.29 is 26.5 Å². The zero-order chi connectivity index (χ0) is 22.3. The molecule has 30 heavy (non-hydrogen) atoms.